The summed E-state index contributed by atoms with van der Waals surface area (Å²) in [6.07, 6.45) is 0. The molecule has 2 heterocycles. The molecule has 1 aromatic heterocycles. The van der Waals surface area contributed by atoms with Gasteiger partial charge in [-0.3, -0.25) is 0 Å². The lowest BCUT2D eigenvalue weighted by Crippen LogP contribution is -2.38. The van der Waals surface area contributed by atoms with E-state index < -0.39 is 5.60 Å². The predicted molar refractivity (Wildman–Crippen MR) is 175 cm³/mol. The summed E-state index contributed by atoms with van der Waals surface area (Å²) >= 11 is 0. The maximum Gasteiger partial charge on any atom is 0.185 e. The van der Waals surface area contributed by atoms with Gasteiger partial charge in [-0.1, -0.05) is 152 Å². The van der Waals surface area contributed by atoms with Gasteiger partial charge in [0.25, 0.3) is 0 Å². The Morgan fingerprint density at radius 3 is 1.39 bits per heavy atom. The van der Waals surface area contributed by atoms with Gasteiger partial charge in [0.15, 0.2) is 23.1 Å². The lowest BCUT2D eigenvalue weighted by Gasteiger charge is -2.41. The van der Waals surface area contributed by atoms with Gasteiger partial charge in [0.2, 0.25) is 0 Å². The van der Waals surface area contributed by atoms with E-state index in [1.165, 1.54) is 0 Å². The van der Waals surface area contributed by atoms with Crippen molar-refractivity contribution in [2.24, 2.45) is 0 Å². The summed E-state index contributed by atoms with van der Waals surface area (Å²) in [5.41, 5.74) is 7.29. The first-order valence-electron chi connectivity index (χ1n) is 14.7. The Hall–Kier alpha value is -5.87. The fourth-order valence-electron chi connectivity index (χ4n) is 6.09. The van der Waals surface area contributed by atoms with Crippen LogP contribution in [-0.4, -0.2) is 15.0 Å². The van der Waals surface area contributed by atoms with E-state index in [4.69, 9.17) is 19.7 Å². The van der Waals surface area contributed by atoms with Crippen LogP contribution in [0.1, 0.15) is 16.7 Å². The van der Waals surface area contributed by atoms with Gasteiger partial charge >= 0.3 is 0 Å². The number of benzene rings is 6. The molecule has 0 atom stereocenters. The van der Waals surface area contributed by atoms with Gasteiger partial charge in [-0.05, 0) is 17.7 Å². The molecule has 0 spiro atoms. The third-order valence-electron chi connectivity index (χ3n) is 8.16. The first kappa shape index (κ1) is 25.8. The Labute approximate surface area is 256 Å². The minimum Gasteiger partial charge on any atom is -0.472 e. The van der Waals surface area contributed by atoms with Crippen molar-refractivity contribution in [1.29, 1.82) is 0 Å². The number of ether oxygens (including phenoxy) is 1. The van der Waals surface area contributed by atoms with Crippen molar-refractivity contribution in [3.05, 3.63) is 180 Å². The normalized spacial score (nSPS) is 12.9. The average Bonchev–Trinajstić information content (AvgIpc) is 3.12. The third-order valence-corrected chi connectivity index (χ3v) is 8.16. The lowest BCUT2D eigenvalue weighted by atomic mass is 9.75. The van der Waals surface area contributed by atoms with Crippen molar-refractivity contribution in [2.45, 2.75) is 5.60 Å². The molecule has 1 aliphatic heterocycles. The minimum absolute atomic E-state index is 0.591. The zero-order chi connectivity index (χ0) is 29.3. The van der Waals surface area contributed by atoms with Crippen molar-refractivity contribution in [3.8, 4) is 51.0 Å². The van der Waals surface area contributed by atoms with Crippen LogP contribution in [0.4, 0.5) is 0 Å². The van der Waals surface area contributed by atoms with E-state index in [-0.39, 0.29) is 0 Å². The number of fused-ring (bicyclic) bond motifs is 3. The number of nitrogens with zero attached hydrogens (tertiary/aromatic N) is 3. The Kier molecular flexibility index (Phi) is 6.31. The highest BCUT2D eigenvalue weighted by Crippen LogP contribution is 2.52. The molecule has 0 saturated heterocycles. The monoisotopic (exact) mass is 565 g/mol. The van der Waals surface area contributed by atoms with Crippen LogP contribution in [0.15, 0.2) is 164 Å². The van der Waals surface area contributed by atoms with E-state index in [0.717, 1.165) is 50.3 Å². The fourth-order valence-corrected chi connectivity index (χ4v) is 6.09. The Bertz CT molecular complexity index is 1980. The van der Waals surface area contributed by atoms with E-state index in [0.29, 0.717) is 17.5 Å². The molecule has 0 amide bonds. The van der Waals surface area contributed by atoms with Gasteiger partial charge in [-0.2, -0.15) is 0 Å². The second-order valence-electron chi connectivity index (χ2n) is 10.8. The van der Waals surface area contributed by atoms with Crippen molar-refractivity contribution >= 4 is 0 Å². The van der Waals surface area contributed by atoms with Crippen molar-refractivity contribution in [2.75, 3.05) is 0 Å². The van der Waals surface area contributed by atoms with E-state index in [1.807, 2.05) is 72.8 Å². The van der Waals surface area contributed by atoms with Crippen LogP contribution in [0.3, 0.4) is 0 Å². The quantitative estimate of drug-likeness (QED) is 0.209. The van der Waals surface area contributed by atoms with E-state index in [9.17, 15) is 0 Å². The Morgan fingerprint density at radius 2 is 0.841 bits per heavy atom. The van der Waals surface area contributed by atoms with E-state index in [1.54, 1.807) is 0 Å². The van der Waals surface area contributed by atoms with E-state index in [2.05, 4.69) is 91.0 Å². The van der Waals surface area contributed by atoms with Crippen LogP contribution >= 0.6 is 0 Å². The van der Waals surface area contributed by atoms with E-state index >= 15 is 0 Å². The second kappa shape index (κ2) is 10.8. The molecule has 208 valence electrons. The molecule has 0 aliphatic carbocycles. The SMILES string of the molecule is c1ccc(-c2nc(-c3ccccc3)nc(-c3ccc4c(c3)OC(c3ccccc3)(c3ccccc3)c3ccccc3-4)n2)cc1. The highest BCUT2D eigenvalue weighted by atomic mass is 16.5. The molecule has 4 heteroatoms. The number of aromatic nitrogens is 3. The zero-order valence-corrected chi connectivity index (χ0v) is 23.8. The molecular weight excluding hydrogens is 538 g/mol. The van der Waals surface area contributed by atoms with Crippen LogP contribution in [-0.2, 0) is 5.60 Å². The molecule has 0 saturated carbocycles. The fraction of sp³-hybridized carbons (Fsp3) is 0.0250. The molecule has 8 rings (SSSR count). The van der Waals surface area contributed by atoms with Crippen LogP contribution < -0.4 is 4.74 Å². The molecule has 1 aliphatic rings. The van der Waals surface area contributed by atoms with Crippen LogP contribution in [0.25, 0.3) is 45.3 Å². The van der Waals surface area contributed by atoms with Gasteiger partial charge in [-0.15, -0.1) is 0 Å². The second-order valence-corrected chi connectivity index (χ2v) is 10.8. The molecule has 6 aromatic carbocycles. The lowest BCUT2D eigenvalue weighted by molar-refractivity contribution is 0.152. The topological polar surface area (TPSA) is 47.9 Å². The molecule has 0 fully saturated rings. The molecular formula is C40H27N3O. The highest BCUT2D eigenvalue weighted by Gasteiger charge is 2.44. The van der Waals surface area contributed by atoms with Gasteiger partial charge in [0, 0.05) is 38.9 Å². The van der Waals surface area contributed by atoms with Gasteiger partial charge in [-0.25, -0.2) is 15.0 Å². The van der Waals surface area contributed by atoms with Crippen LogP contribution in [0.2, 0.25) is 0 Å². The van der Waals surface area contributed by atoms with Crippen LogP contribution in [0.5, 0.6) is 5.75 Å². The Morgan fingerprint density at radius 1 is 0.386 bits per heavy atom. The predicted octanol–water partition coefficient (Wildman–Crippen LogP) is 9.22. The maximum absolute atomic E-state index is 7.24. The average molecular weight is 566 g/mol. The summed E-state index contributed by atoms with van der Waals surface area (Å²) < 4.78 is 7.24. The summed E-state index contributed by atoms with van der Waals surface area (Å²) in [6.45, 7) is 0. The number of hydrogen-bond acceptors (Lipinski definition) is 4. The van der Waals surface area contributed by atoms with Crippen molar-refractivity contribution < 1.29 is 4.74 Å². The maximum atomic E-state index is 7.24. The number of hydrogen-bond donors (Lipinski definition) is 0. The standard InChI is InChI=1S/C40H27N3O/c1-5-15-28(16-6-1)37-41-38(29-17-7-2-8-18-29)43-39(42-37)30-25-26-34-33-23-13-14-24-35(33)40(44-36(34)27-30,31-19-9-3-10-20-31)32-21-11-4-12-22-32/h1-27H. The summed E-state index contributed by atoms with van der Waals surface area (Å²) in [7, 11) is 0. The smallest absolute Gasteiger partial charge is 0.185 e. The summed E-state index contributed by atoms with van der Waals surface area (Å²) in [5, 5.41) is 0. The molecule has 0 unspecified atom stereocenters. The molecule has 0 radical (unpaired) electrons. The summed E-state index contributed by atoms with van der Waals surface area (Å²) in [4.78, 5) is 14.8. The molecule has 44 heavy (non-hydrogen) atoms. The highest BCUT2D eigenvalue weighted by molar-refractivity contribution is 5.82. The van der Waals surface area contributed by atoms with Crippen molar-refractivity contribution in [1.82, 2.24) is 15.0 Å². The molecule has 0 N–H and O–H groups in total. The minimum atomic E-state index is -0.839. The molecule has 0 bridgehead atoms. The summed E-state index contributed by atoms with van der Waals surface area (Å²) in [5.74, 6) is 2.62. The largest absolute Gasteiger partial charge is 0.472 e. The van der Waals surface area contributed by atoms with Crippen LogP contribution in [0, 0.1) is 0 Å². The van der Waals surface area contributed by atoms with Crippen molar-refractivity contribution in [3.63, 3.8) is 0 Å². The Balaban J connectivity index is 1.34. The third kappa shape index (κ3) is 4.36. The first-order valence-corrected chi connectivity index (χ1v) is 14.7. The van der Waals surface area contributed by atoms with Gasteiger partial charge < -0.3 is 4.74 Å². The van der Waals surface area contributed by atoms with Gasteiger partial charge in [0.05, 0.1) is 0 Å². The molecule has 7 aromatic rings. The number of rotatable bonds is 5. The zero-order valence-electron chi connectivity index (χ0n) is 23.8. The summed E-state index contributed by atoms with van der Waals surface area (Å²) in [6, 6.07) is 55.8. The molecule has 4 nitrogen and oxygen atoms in total. The van der Waals surface area contributed by atoms with Gasteiger partial charge in [0.1, 0.15) is 5.75 Å². The first-order chi connectivity index (χ1) is 21.8.